The summed E-state index contributed by atoms with van der Waals surface area (Å²) in [6.07, 6.45) is -3.98. The molecule has 0 aliphatic heterocycles. The van der Waals surface area contributed by atoms with E-state index in [0.717, 1.165) is 12.4 Å². The van der Waals surface area contributed by atoms with Gasteiger partial charge in [0.25, 0.3) is 0 Å². The van der Waals surface area contributed by atoms with Crippen molar-refractivity contribution in [3.63, 3.8) is 0 Å². The topological polar surface area (TPSA) is 107 Å². The van der Waals surface area contributed by atoms with E-state index in [1.165, 1.54) is 18.5 Å². The first kappa shape index (κ1) is 28.4. The van der Waals surface area contributed by atoms with Crippen molar-refractivity contribution >= 4 is 5.97 Å². The van der Waals surface area contributed by atoms with Crippen LogP contribution in [0.15, 0.2) is 12.4 Å². The van der Waals surface area contributed by atoms with Crippen LogP contribution >= 0.6 is 0 Å². The number of ether oxygens (including phenoxy) is 2. The van der Waals surface area contributed by atoms with Crippen molar-refractivity contribution in [1.82, 2.24) is 14.8 Å². The summed E-state index contributed by atoms with van der Waals surface area (Å²) in [5.74, 6) is -1.25. The Bertz CT molecular complexity index is 935. The van der Waals surface area contributed by atoms with Gasteiger partial charge in [0.15, 0.2) is 11.4 Å². The first-order chi connectivity index (χ1) is 15.2. The monoisotopic (exact) mass is 475 g/mol. The van der Waals surface area contributed by atoms with Gasteiger partial charge in [-0.3, -0.25) is 4.98 Å². The van der Waals surface area contributed by atoms with Crippen molar-refractivity contribution in [2.24, 2.45) is 0 Å². The maximum absolute atomic E-state index is 13.8. The lowest BCUT2D eigenvalue weighted by atomic mass is 10.0. The molecule has 0 fully saturated rings. The number of aromatic nitrogens is 3. The van der Waals surface area contributed by atoms with Gasteiger partial charge in [-0.2, -0.15) is 18.3 Å². The van der Waals surface area contributed by atoms with Crippen LogP contribution in [0.5, 0.6) is 11.6 Å². The molecule has 1 atom stereocenters. The summed E-state index contributed by atoms with van der Waals surface area (Å²) in [7, 11) is 0. The molecule has 0 spiro atoms. The van der Waals surface area contributed by atoms with Crippen LogP contribution < -0.4 is 4.74 Å². The van der Waals surface area contributed by atoms with E-state index >= 15 is 0 Å². The van der Waals surface area contributed by atoms with E-state index in [-0.39, 0.29) is 42.3 Å². The van der Waals surface area contributed by atoms with Crippen molar-refractivity contribution in [1.29, 1.82) is 0 Å². The highest BCUT2D eigenvalue weighted by Gasteiger charge is 2.39. The third kappa shape index (κ3) is 7.43. The molecule has 0 saturated carbocycles. The highest BCUT2D eigenvalue weighted by Crippen LogP contribution is 2.42. The Morgan fingerprint density at radius 1 is 1.21 bits per heavy atom. The van der Waals surface area contributed by atoms with E-state index in [1.807, 2.05) is 0 Å². The lowest BCUT2D eigenvalue weighted by Crippen LogP contribution is -2.24. The standard InChI is InChI=1S/C20H26F3N3O4.C2H6O/c1-7-29-18(28)16-12(3)17(26(25-16)19(4,5)6)30-14-10-24-9-13(8-11(2)27)15(14)20(21,22)23;1-2-3/h9-11,27H,7-8H2,1-6H3;3H,2H2,1H3. The number of alkyl halides is 3. The minimum atomic E-state index is -4.74. The predicted octanol–water partition coefficient (Wildman–Crippen LogP) is 4.25. The van der Waals surface area contributed by atoms with E-state index in [0.29, 0.717) is 0 Å². The molecular formula is C22H32F3N3O5. The molecule has 0 aliphatic rings. The third-order valence-electron chi connectivity index (χ3n) is 4.17. The number of aliphatic hydroxyl groups is 2. The maximum atomic E-state index is 13.8. The SMILES string of the molecule is CCO.CCOC(=O)c1nn(C(C)(C)C)c(Oc2cncc(CC(C)O)c2C(F)(F)F)c1C. The van der Waals surface area contributed by atoms with Gasteiger partial charge in [-0.05, 0) is 54.0 Å². The molecule has 0 saturated heterocycles. The summed E-state index contributed by atoms with van der Waals surface area (Å²) < 4.78 is 53.6. The number of hydrogen-bond acceptors (Lipinski definition) is 7. The average molecular weight is 476 g/mol. The van der Waals surface area contributed by atoms with Crippen LogP contribution in [0.25, 0.3) is 0 Å². The zero-order valence-corrected chi connectivity index (χ0v) is 19.9. The number of rotatable bonds is 6. The molecule has 8 nitrogen and oxygen atoms in total. The molecule has 0 amide bonds. The van der Waals surface area contributed by atoms with Gasteiger partial charge in [-0.15, -0.1) is 0 Å². The van der Waals surface area contributed by atoms with Gasteiger partial charge in [0.2, 0.25) is 5.88 Å². The van der Waals surface area contributed by atoms with E-state index in [2.05, 4.69) is 10.1 Å². The van der Waals surface area contributed by atoms with Crippen LogP contribution in [0.3, 0.4) is 0 Å². The van der Waals surface area contributed by atoms with E-state index < -0.39 is 35.1 Å². The molecule has 186 valence electrons. The Hall–Kier alpha value is -2.66. The van der Waals surface area contributed by atoms with Gasteiger partial charge >= 0.3 is 12.1 Å². The second-order valence-corrected chi connectivity index (χ2v) is 8.22. The Balaban J connectivity index is 0.00000172. The summed E-state index contributed by atoms with van der Waals surface area (Å²) in [4.78, 5) is 16.1. The fourth-order valence-corrected chi connectivity index (χ4v) is 2.91. The number of nitrogens with zero attached hydrogens (tertiary/aromatic N) is 3. The molecule has 0 radical (unpaired) electrons. The van der Waals surface area contributed by atoms with Gasteiger partial charge in [0, 0.05) is 24.8 Å². The molecular weight excluding hydrogens is 443 g/mol. The van der Waals surface area contributed by atoms with Gasteiger partial charge in [-0.1, -0.05) is 0 Å². The van der Waals surface area contributed by atoms with Gasteiger partial charge in [-0.25, -0.2) is 9.48 Å². The lowest BCUT2D eigenvalue weighted by Gasteiger charge is -2.23. The first-order valence-corrected chi connectivity index (χ1v) is 10.5. The molecule has 2 aromatic rings. The Morgan fingerprint density at radius 3 is 2.24 bits per heavy atom. The van der Waals surface area contributed by atoms with Crippen LogP contribution in [0, 0.1) is 6.92 Å². The highest BCUT2D eigenvalue weighted by atomic mass is 19.4. The summed E-state index contributed by atoms with van der Waals surface area (Å²) in [5, 5.41) is 21.4. The van der Waals surface area contributed by atoms with Gasteiger partial charge in [0.1, 0.15) is 5.56 Å². The molecule has 0 aromatic carbocycles. The van der Waals surface area contributed by atoms with Crippen molar-refractivity contribution in [3.8, 4) is 11.6 Å². The second-order valence-electron chi connectivity index (χ2n) is 8.22. The molecule has 11 heteroatoms. The lowest BCUT2D eigenvalue weighted by molar-refractivity contribution is -0.139. The maximum Gasteiger partial charge on any atom is 0.420 e. The van der Waals surface area contributed by atoms with E-state index in [9.17, 15) is 23.1 Å². The van der Waals surface area contributed by atoms with Crippen LogP contribution in [0.1, 0.15) is 68.7 Å². The largest absolute Gasteiger partial charge is 0.461 e. The Labute approximate surface area is 191 Å². The van der Waals surface area contributed by atoms with E-state index in [4.69, 9.17) is 14.6 Å². The highest BCUT2D eigenvalue weighted by molar-refractivity contribution is 5.89. The van der Waals surface area contributed by atoms with Crippen LogP contribution in [0.2, 0.25) is 0 Å². The van der Waals surface area contributed by atoms with Crippen LogP contribution in [-0.2, 0) is 22.9 Å². The van der Waals surface area contributed by atoms with E-state index in [1.54, 1.807) is 34.6 Å². The Kier molecular flexibility index (Phi) is 9.86. The predicted molar refractivity (Wildman–Crippen MR) is 115 cm³/mol. The number of esters is 1. The molecule has 0 bridgehead atoms. The summed E-state index contributed by atoms with van der Waals surface area (Å²) in [6, 6.07) is 0. The zero-order valence-electron chi connectivity index (χ0n) is 19.9. The van der Waals surface area contributed by atoms with Gasteiger partial charge < -0.3 is 19.7 Å². The van der Waals surface area contributed by atoms with Crippen molar-refractivity contribution in [2.45, 2.75) is 72.7 Å². The number of hydrogen-bond donors (Lipinski definition) is 2. The quantitative estimate of drug-likeness (QED) is 0.602. The molecule has 33 heavy (non-hydrogen) atoms. The normalized spacial score (nSPS) is 12.6. The fraction of sp³-hybridized carbons (Fsp3) is 0.591. The number of carbonyl (C=O) groups is 1. The third-order valence-corrected chi connectivity index (χ3v) is 4.17. The molecule has 0 aliphatic carbocycles. The molecule has 2 rings (SSSR count). The zero-order chi connectivity index (χ0) is 25.6. The Morgan fingerprint density at radius 2 is 1.79 bits per heavy atom. The van der Waals surface area contributed by atoms with Crippen molar-refractivity contribution < 1.29 is 37.7 Å². The molecule has 1 unspecified atom stereocenters. The first-order valence-electron chi connectivity index (χ1n) is 10.5. The minimum Gasteiger partial charge on any atom is -0.461 e. The van der Waals surface area contributed by atoms with Crippen molar-refractivity contribution in [2.75, 3.05) is 13.2 Å². The molecule has 2 N–H and O–H groups in total. The second kappa shape index (κ2) is 11.5. The molecule has 2 aromatic heterocycles. The van der Waals surface area contributed by atoms with Crippen molar-refractivity contribution in [3.05, 3.63) is 34.8 Å². The summed E-state index contributed by atoms with van der Waals surface area (Å²) in [5.41, 5.74) is -1.72. The minimum absolute atomic E-state index is 0.0212. The number of carbonyl (C=O) groups excluding carboxylic acids is 1. The average Bonchev–Trinajstić information content (AvgIpc) is 2.98. The number of aliphatic hydroxyl groups excluding tert-OH is 2. The van der Waals surface area contributed by atoms with Crippen LogP contribution in [0.4, 0.5) is 13.2 Å². The molecule has 2 heterocycles. The summed E-state index contributed by atoms with van der Waals surface area (Å²) >= 11 is 0. The number of halogens is 3. The number of pyridine rings is 1. The fourth-order valence-electron chi connectivity index (χ4n) is 2.91. The smallest absolute Gasteiger partial charge is 0.420 e. The van der Waals surface area contributed by atoms with Crippen LogP contribution in [-0.4, -0.2) is 50.3 Å². The summed E-state index contributed by atoms with van der Waals surface area (Å²) in [6.45, 7) is 11.9. The van der Waals surface area contributed by atoms with Gasteiger partial charge in [0.05, 0.1) is 24.4 Å².